The lowest BCUT2D eigenvalue weighted by Crippen LogP contribution is -2.63. The number of H-pyrrole nitrogens is 1. The van der Waals surface area contributed by atoms with E-state index in [2.05, 4.69) is 69.0 Å². The van der Waals surface area contributed by atoms with Gasteiger partial charge in [0, 0.05) is 131 Å². The summed E-state index contributed by atoms with van der Waals surface area (Å²) in [5, 5.41) is 7.50. The quantitative estimate of drug-likeness (QED) is 0.113. The van der Waals surface area contributed by atoms with E-state index in [-0.39, 0.29) is 58.5 Å². The molecule has 3 atom stereocenters. The molecule has 0 bridgehead atoms. The third-order valence-electron chi connectivity index (χ3n) is 16.7. The van der Waals surface area contributed by atoms with Gasteiger partial charge in [0.25, 0.3) is 11.5 Å². The fourth-order valence-electron chi connectivity index (χ4n) is 11.5. The van der Waals surface area contributed by atoms with Crippen molar-refractivity contribution in [3.05, 3.63) is 111 Å². The number of ether oxygens (including phenoxy) is 1. The van der Waals surface area contributed by atoms with Crippen molar-refractivity contribution >= 4 is 55.7 Å². The lowest BCUT2D eigenvalue weighted by Gasteiger charge is -2.45. The van der Waals surface area contributed by atoms with Gasteiger partial charge in [-0.15, -0.1) is 0 Å². The van der Waals surface area contributed by atoms with E-state index in [1.165, 1.54) is 18.5 Å². The fraction of sp³-hybridized carbons (Fsp3) is 0.525. The average molecular weight is 1130 g/mol. The standard InChI is InChI=1S/C59H77FN14O6S/c1-37-27-64-54(40(37)4)68-55-45-25-50(81(78,79)58(5,6)7)49(26-46(45)65-36-66-55)80-22-10-15-69-16-18-70(19-17-69)51-30-62-47(29-63-51)57(77)72-21-20-71(39(3)32-72)33-44-28-61-38(2)31-73(44)34-52(75)74-35-59(8,9)53-48(74)24-42(56(76)67-53)23-41-11-13-43(60)14-12-41/h11-14,24-26,29-30,36,38-39,44,61H,10,15-23,27-28,31-35H2,1-9H3,(H,67,76)(H,64,65,66,68)/t38-,39-,44-/m1/s1. The van der Waals surface area contributed by atoms with Crippen LogP contribution in [0.15, 0.2) is 87.0 Å². The number of aromatic amines is 1. The highest BCUT2D eigenvalue weighted by molar-refractivity contribution is 7.92. The van der Waals surface area contributed by atoms with Gasteiger partial charge in [0.1, 0.15) is 46.0 Å². The minimum Gasteiger partial charge on any atom is -0.492 e. The molecule has 0 unspecified atom stereocenters. The zero-order valence-electron chi connectivity index (χ0n) is 48.2. The molecule has 5 aliphatic heterocycles. The molecular weight excluding hydrogens is 1050 g/mol. The highest BCUT2D eigenvalue weighted by atomic mass is 32.2. The third-order valence-corrected chi connectivity index (χ3v) is 19.2. The maximum Gasteiger partial charge on any atom is 0.274 e. The molecule has 3 aromatic heterocycles. The average Bonchev–Trinajstić information content (AvgIpc) is 4.04. The number of aromatic nitrogens is 5. The molecule has 8 heterocycles. The fourth-order valence-corrected chi connectivity index (χ4v) is 12.9. The number of carbonyl (C=O) groups excluding carboxylic acids is 2. The molecule has 0 saturated carbocycles. The number of aliphatic imine (C=N–C) groups is 1. The van der Waals surface area contributed by atoms with Gasteiger partial charge in [-0.2, -0.15) is 0 Å². The van der Waals surface area contributed by atoms with Crippen LogP contribution in [0.4, 0.5) is 21.7 Å². The maximum atomic E-state index is 14.4. The van der Waals surface area contributed by atoms with Crippen molar-refractivity contribution in [3.8, 4) is 5.75 Å². The SMILES string of the molecule is CC1=C(C)C(Nc2ncnc3cc(OCCCN4CCN(c5cnc(C(=O)N6CCN(C[C@H]7CN[C@H](C)CN7CC(=O)N7CC(C)(C)c8[nH]c(=O)c(Cc9ccc(F)cc9)cc87)[C@H](C)C6)cn5)CC4)c(S(=O)(=O)C(C)(C)C)cc23)=NC1. The molecule has 22 heteroatoms. The van der Waals surface area contributed by atoms with Crippen LogP contribution < -0.4 is 30.7 Å². The molecule has 0 aliphatic carbocycles. The molecule has 2 aromatic carbocycles. The third kappa shape index (κ3) is 12.4. The van der Waals surface area contributed by atoms with Crippen LogP contribution in [0, 0.1) is 5.82 Å². The number of benzene rings is 2. The number of fused-ring (bicyclic) bond motifs is 2. The van der Waals surface area contributed by atoms with E-state index in [9.17, 15) is 27.2 Å². The van der Waals surface area contributed by atoms with Crippen molar-refractivity contribution in [3.63, 3.8) is 0 Å². The van der Waals surface area contributed by atoms with Gasteiger partial charge < -0.3 is 35.1 Å². The van der Waals surface area contributed by atoms with Crippen LogP contribution in [0.5, 0.6) is 5.75 Å². The predicted molar refractivity (Wildman–Crippen MR) is 313 cm³/mol. The first-order chi connectivity index (χ1) is 38.5. The summed E-state index contributed by atoms with van der Waals surface area (Å²) in [6.07, 6.45) is 5.73. The molecule has 0 radical (unpaired) electrons. The first-order valence-corrected chi connectivity index (χ1v) is 29.8. The largest absolute Gasteiger partial charge is 0.492 e. The number of hydrogen-bond donors (Lipinski definition) is 3. The van der Waals surface area contributed by atoms with Crippen LogP contribution in [0.2, 0.25) is 0 Å². The van der Waals surface area contributed by atoms with E-state index >= 15 is 0 Å². The van der Waals surface area contributed by atoms with Crippen LogP contribution in [0.25, 0.3) is 10.9 Å². The molecule has 5 aliphatic rings. The molecule has 3 saturated heterocycles. The van der Waals surface area contributed by atoms with Crippen LogP contribution in [0.3, 0.4) is 0 Å². The molecule has 432 valence electrons. The molecule has 81 heavy (non-hydrogen) atoms. The molecule has 20 nitrogen and oxygen atoms in total. The lowest BCUT2D eigenvalue weighted by molar-refractivity contribution is -0.121. The second-order valence-electron chi connectivity index (χ2n) is 24.2. The molecule has 3 N–H and O–H groups in total. The summed E-state index contributed by atoms with van der Waals surface area (Å²) in [6.45, 7) is 26.7. The number of sulfone groups is 1. The zero-order valence-corrected chi connectivity index (χ0v) is 49.0. The number of pyridine rings is 1. The van der Waals surface area contributed by atoms with Crippen molar-refractivity contribution in [2.24, 2.45) is 4.99 Å². The second-order valence-corrected chi connectivity index (χ2v) is 26.8. The Morgan fingerprint density at radius 3 is 2.38 bits per heavy atom. The minimum atomic E-state index is -3.82. The van der Waals surface area contributed by atoms with Crippen LogP contribution >= 0.6 is 0 Å². The van der Waals surface area contributed by atoms with Gasteiger partial charge in [-0.25, -0.2) is 32.7 Å². The number of nitrogens with one attached hydrogen (secondary N) is 3. The van der Waals surface area contributed by atoms with E-state index in [4.69, 9.17) is 9.72 Å². The van der Waals surface area contributed by atoms with Crippen LogP contribution in [-0.2, 0) is 26.5 Å². The molecular formula is C59H77FN14O6S. The molecule has 0 spiro atoms. The van der Waals surface area contributed by atoms with E-state index in [1.54, 1.807) is 57.4 Å². The number of hydrogen-bond acceptors (Lipinski definition) is 17. The number of anilines is 3. The van der Waals surface area contributed by atoms with Gasteiger partial charge in [-0.3, -0.25) is 34.1 Å². The summed E-state index contributed by atoms with van der Waals surface area (Å²) in [6, 6.07) is 11.6. The number of nitrogens with zero attached hydrogens (tertiary/aromatic N) is 11. The summed E-state index contributed by atoms with van der Waals surface area (Å²) < 4.78 is 46.9. The Balaban J connectivity index is 0.695. The molecule has 5 aromatic rings. The van der Waals surface area contributed by atoms with Crippen LogP contribution in [-0.4, -0.2) is 192 Å². The smallest absolute Gasteiger partial charge is 0.274 e. The van der Waals surface area contributed by atoms with Gasteiger partial charge in [0.05, 0.1) is 48.0 Å². The Kier molecular flexibility index (Phi) is 16.5. The summed E-state index contributed by atoms with van der Waals surface area (Å²) in [5.41, 5.74) is 5.21. The number of carbonyl (C=O) groups is 2. The van der Waals surface area contributed by atoms with Crippen molar-refractivity contribution in [1.29, 1.82) is 0 Å². The Morgan fingerprint density at radius 1 is 0.926 bits per heavy atom. The van der Waals surface area contributed by atoms with Gasteiger partial charge in [-0.05, 0) is 95.9 Å². The lowest BCUT2D eigenvalue weighted by atomic mass is 9.91. The summed E-state index contributed by atoms with van der Waals surface area (Å²) in [5.74, 6) is 1.66. The molecule has 2 amide bonds. The normalized spacial score (nSPS) is 21.2. The second kappa shape index (κ2) is 23.3. The first-order valence-electron chi connectivity index (χ1n) is 28.3. The maximum absolute atomic E-state index is 14.4. The predicted octanol–water partition coefficient (Wildman–Crippen LogP) is 5.29. The number of piperazine rings is 3. The van der Waals surface area contributed by atoms with Crippen molar-refractivity contribution in [2.45, 2.75) is 108 Å². The number of amides is 2. The Hall–Kier alpha value is -6.72. The first kappa shape index (κ1) is 57.5. The summed E-state index contributed by atoms with van der Waals surface area (Å²) >= 11 is 0. The van der Waals surface area contributed by atoms with Crippen molar-refractivity contribution in [1.82, 2.24) is 49.8 Å². The van der Waals surface area contributed by atoms with Crippen molar-refractivity contribution < 1.29 is 27.1 Å². The van der Waals surface area contributed by atoms with Gasteiger partial charge in [0.15, 0.2) is 9.84 Å². The van der Waals surface area contributed by atoms with E-state index in [0.29, 0.717) is 92.5 Å². The van der Waals surface area contributed by atoms with Gasteiger partial charge in [-0.1, -0.05) is 26.0 Å². The van der Waals surface area contributed by atoms with E-state index in [0.717, 1.165) is 79.7 Å². The topological polar surface area (TPSA) is 218 Å². The number of amidine groups is 1. The Bertz CT molecular complexity index is 3410. The number of halogens is 1. The zero-order chi connectivity index (χ0) is 57.5. The molecule has 3 fully saturated rings. The highest BCUT2D eigenvalue weighted by Crippen LogP contribution is 2.40. The Labute approximate surface area is 474 Å². The Morgan fingerprint density at radius 2 is 1.69 bits per heavy atom. The van der Waals surface area contributed by atoms with E-state index in [1.807, 2.05) is 43.6 Å². The van der Waals surface area contributed by atoms with Crippen LogP contribution in [0.1, 0.15) is 96.0 Å². The summed E-state index contributed by atoms with van der Waals surface area (Å²) in [7, 11) is -3.82. The summed E-state index contributed by atoms with van der Waals surface area (Å²) in [4.78, 5) is 80.5. The molecule has 10 rings (SSSR count). The highest BCUT2D eigenvalue weighted by Gasteiger charge is 2.42. The monoisotopic (exact) mass is 1130 g/mol. The van der Waals surface area contributed by atoms with Crippen molar-refractivity contribution in [2.75, 3.05) is 113 Å². The van der Waals surface area contributed by atoms with E-state index < -0.39 is 20.0 Å². The number of rotatable bonds is 15. The van der Waals surface area contributed by atoms with Gasteiger partial charge >= 0.3 is 0 Å². The van der Waals surface area contributed by atoms with Gasteiger partial charge in [0.2, 0.25) is 5.91 Å². The minimum absolute atomic E-state index is 0.0262.